The fraction of sp³-hybridized carbons (Fsp3) is 0.333. The van der Waals surface area contributed by atoms with Crippen LogP contribution in [-0.2, 0) is 13.8 Å². The topological polar surface area (TPSA) is 131 Å². The SMILES string of the molecule is CC(=O)c1ccc2c(c1)[C@H](NC(=O)c1ccc(F)c(Cl)c1)[C@@H](OCOP(=O)(O)O)C(C)(C)O2. The van der Waals surface area contributed by atoms with Crippen molar-refractivity contribution >= 4 is 31.1 Å². The quantitative estimate of drug-likeness (QED) is 0.297. The van der Waals surface area contributed by atoms with Gasteiger partial charge in [0.2, 0.25) is 0 Å². The third kappa shape index (κ3) is 5.97. The number of phosphoric acid groups is 1. The molecule has 0 fully saturated rings. The molecule has 12 heteroatoms. The monoisotopic (exact) mass is 501 g/mol. The number of carbonyl (C=O) groups is 2. The van der Waals surface area contributed by atoms with Gasteiger partial charge in [-0.3, -0.25) is 14.1 Å². The molecular weight excluding hydrogens is 480 g/mol. The molecule has 1 aliphatic heterocycles. The largest absolute Gasteiger partial charge is 0.485 e. The molecule has 9 nitrogen and oxygen atoms in total. The van der Waals surface area contributed by atoms with Gasteiger partial charge in [-0.15, -0.1) is 0 Å². The van der Waals surface area contributed by atoms with Gasteiger partial charge in [-0.25, -0.2) is 8.96 Å². The van der Waals surface area contributed by atoms with E-state index in [0.717, 1.165) is 12.1 Å². The molecular formula is C21H22ClFNO8P. The second-order valence-electron chi connectivity index (χ2n) is 7.92. The smallest absolute Gasteiger partial charge is 0.471 e. The van der Waals surface area contributed by atoms with Crippen LogP contribution in [0.2, 0.25) is 5.02 Å². The maximum atomic E-state index is 13.5. The lowest BCUT2D eigenvalue weighted by molar-refractivity contribution is -0.141. The van der Waals surface area contributed by atoms with Gasteiger partial charge in [-0.05, 0) is 57.2 Å². The van der Waals surface area contributed by atoms with Crippen molar-refractivity contribution in [2.75, 3.05) is 6.79 Å². The van der Waals surface area contributed by atoms with Gasteiger partial charge >= 0.3 is 7.82 Å². The molecule has 1 heterocycles. The third-order valence-electron chi connectivity index (χ3n) is 5.05. The Bertz CT molecular complexity index is 1140. The molecule has 0 aliphatic carbocycles. The van der Waals surface area contributed by atoms with E-state index in [1.807, 2.05) is 0 Å². The van der Waals surface area contributed by atoms with Crippen molar-refractivity contribution in [2.45, 2.75) is 38.5 Å². The van der Waals surface area contributed by atoms with Crippen molar-refractivity contribution in [3.8, 4) is 5.75 Å². The van der Waals surface area contributed by atoms with Crippen molar-refractivity contribution in [1.82, 2.24) is 5.32 Å². The summed E-state index contributed by atoms with van der Waals surface area (Å²) in [5, 5.41) is 2.53. The molecule has 0 saturated heterocycles. The van der Waals surface area contributed by atoms with Crippen molar-refractivity contribution < 1.29 is 42.3 Å². The molecule has 0 saturated carbocycles. The molecule has 0 unspecified atom stereocenters. The minimum atomic E-state index is -4.82. The zero-order valence-electron chi connectivity index (χ0n) is 17.9. The van der Waals surface area contributed by atoms with Gasteiger partial charge in [0.1, 0.15) is 23.3 Å². The Labute approximate surface area is 194 Å². The van der Waals surface area contributed by atoms with Crippen LogP contribution in [0, 0.1) is 5.82 Å². The number of rotatable bonds is 7. The number of carbonyl (C=O) groups excluding carboxylic acids is 2. The number of Topliss-reactive ketones (excluding diaryl/α,β-unsaturated/α-hetero) is 1. The van der Waals surface area contributed by atoms with Crippen LogP contribution in [0.1, 0.15) is 53.1 Å². The molecule has 0 spiro atoms. The first-order chi connectivity index (χ1) is 15.3. The van der Waals surface area contributed by atoms with E-state index in [0.29, 0.717) is 16.9 Å². The second-order valence-corrected chi connectivity index (χ2v) is 9.57. The van der Waals surface area contributed by atoms with Crippen LogP contribution in [0.25, 0.3) is 0 Å². The Morgan fingerprint density at radius 3 is 2.48 bits per heavy atom. The normalized spacial score (nSPS) is 19.4. The number of phosphoric ester groups is 1. The van der Waals surface area contributed by atoms with Crippen LogP contribution in [0.4, 0.5) is 4.39 Å². The predicted molar refractivity (Wildman–Crippen MR) is 116 cm³/mol. The fourth-order valence-corrected chi connectivity index (χ4v) is 3.87. The summed E-state index contributed by atoms with van der Waals surface area (Å²) in [5.41, 5.74) is -0.266. The number of ketones is 1. The molecule has 0 aromatic heterocycles. The first-order valence-corrected chi connectivity index (χ1v) is 11.6. The van der Waals surface area contributed by atoms with Crippen LogP contribution < -0.4 is 10.1 Å². The molecule has 0 bridgehead atoms. The summed E-state index contributed by atoms with van der Waals surface area (Å²) in [5.74, 6) is -1.15. The summed E-state index contributed by atoms with van der Waals surface area (Å²) >= 11 is 5.79. The molecule has 1 amide bonds. The van der Waals surface area contributed by atoms with Crippen molar-refractivity contribution in [3.63, 3.8) is 0 Å². The van der Waals surface area contributed by atoms with Gasteiger partial charge in [0.25, 0.3) is 5.91 Å². The highest BCUT2D eigenvalue weighted by Crippen LogP contribution is 2.43. The van der Waals surface area contributed by atoms with E-state index in [1.54, 1.807) is 26.0 Å². The van der Waals surface area contributed by atoms with Gasteiger partial charge in [-0.2, -0.15) is 0 Å². The molecule has 33 heavy (non-hydrogen) atoms. The molecule has 1 aliphatic rings. The van der Waals surface area contributed by atoms with E-state index >= 15 is 0 Å². The number of fused-ring (bicyclic) bond motifs is 1. The van der Waals surface area contributed by atoms with Crippen LogP contribution >= 0.6 is 19.4 Å². The molecule has 2 atom stereocenters. The Kier molecular flexibility index (Phi) is 7.28. The lowest BCUT2D eigenvalue weighted by Gasteiger charge is -2.44. The molecule has 3 N–H and O–H groups in total. The Morgan fingerprint density at radius 1 is 1.21 bits per heavy atom. The summed E-state index contributed by atoms with van der Waals surface area (Å²) in [6.07, 6.45) is -1.00. The predicted octanol–water partition coefficient (Wildman–Crippen LogP) is 3.78. The summed E-state index contributed by atoms with van der Waals surface area (Å²) < 4.78 is 40.6. The summed E-state index contributed by atoms with van der Waals surface area (Å²) in [7, 11) is -4.82. The summed E-state index contributed by atoms with van der Waals surface area (Å²) in [6, 6.07) is 7.24. The number of hydrogen-bond donors (Lipinski definition) is 3. The number of amides is 1. The van der Waals surface area contributed by atoms with E-state index < -0.39 is 44.1 Å². The third-order valence-corrected chi connectivity index (χ3v) is 5.78. The Morgan fingerprint density at radius 2 is 1.88 bits per heavy atom. The van der Waals surface area contributed by atoms with Gasteiger partial charge in [0.15, 0.2) is 12.6 Å². The first kappa shape index (κ1) is 25.3. The average Bonchev–Trinajstić information content (AvgIpc) is 2.70. The van der Waals surface area contributed by atoms with E-state index in [4.69, 9.17) is 30.9 Å². The number of nitrogens with one attached hydrogen (secondary N) is 1. The standard InChI is InChI=1S/C21H22ClFNO8P/c1-11(25)12-5-7-17-14(8-12)18(24-20(26)13-4-6-16(23)15(22)9-13)19(21(2,3)32-17)30-10-31-33(27,28)29/h4-9,18-19H,10H2,1-3H3,(H,24,26)(H2,27,28,29)/t18-,19+/m0/s1. The van der Waals surface area contributed by atoms with Gasteiger partial charge in [0.05, 0.1) is 11.1 Å². The van der Waals surface area contributed by atoms with Crippen LogP contribution in [0.5, 0.6) is 5.75 Å². The number of benzene rings is 2. The lowest BCUT2D eigenvalue weighted by Crippen LogP contribution is -2.55. The Balaban J connectivity index is 2.01. The van der Waals surface area contributed by atoms with Gasteiger partial charge in [0, 0.05) is 16.7 Å². The van der Waals surface area contributed by atoms with Gasteiger partial charge < -0.3 is 24.6 Å². The molecule has 0 radical (unpaired) electrons. The minimum Gasteiger partial charge on any atom is -0.485 e. The van der Waals surface area contributed by atoms with E-state index in [1.165, 1.54) is 19.1 Å². The summed E-state index contributed by atoms with van der Waals surface area (Å²) in [6.45, 7) is 3.90. The highest BCUT2D eigenvalue weighted by molar-refractivity contribution is 7.46. The van der Waals surface area contributed by atoms with Crippen molar-refractivity contribution in [3.05, 3.63) is 63.9 Å². The number of ether oxygens (including phenoxy) is 2. The number of halogens is 2. The first-order valence-electron chi connectivity index (χ1n) is 9.70. The molecule has 2 aromatic carbocycles. The Hall–Kier alpha value is -2.33. The van der Waals surface area contributed by atoms with E-state index in [2.05, 4.69) is 9.84 Å². The molecule has 3 rings (SSSR count). The highest BCUT2D eigenvalue weighted by atomic mass is 35.5. The average molecular weight is 502 g/mol. The minimum absolute atomic E-state index is 0.0696. The number of hydrogen-bond acceptors (Lipinski definition) is 6. The molecule has 178 valence electrons. The summed E-state index contributed by atoms with van der Waals surface area (Å²) in [4.78, 5) is 42.8. The van der Waals surface area contributed by atoms with E-state index in [9.17, 15) is 18.5 Å². The lowest BCUT2D eigenvalue weighted by atomic mass is 9.85. The zero-order chi connectivity index (χ0) is 24.6. The maximum Gasteiger partial charge on any atom is 0.471 e. The van der Waals surface area contributed by atoms with E-state index in [-0.39, 0.29) is 16.4 Å². The van der Waals surface area contributed by atoms with Crippen LogP contribution in [-0.4, -0.2) is 40.0 Å². The second kappa shape index (κ2) is 9.50. The van der Waals surface area contributed by atoms with Gasteiger partial charge in [-0.1, -0.05) is 11.6 Å². The maximum absolute atomic E-state index is 13.5. The van der Waals surface area contributed by atoms with Crippen LogP contribution in [0.15, 0.2) is 36.4 Å². The van der Waals surface area contributed by atoms with Crippen molar-refractivity contribution in [1.29, 1.82) is 0 Å². The highest BCUT2D eigenvalue weighted by Gasteiger charge is 2.46. The zero-order valence-corrected chi connectivity index (χ0v) is 19.5. The van der Waals surface area contributed by atoms with Crippen molar-refractivity contribution in [2.24, 2.45) is 0 Å². The van der Waals surface area contributed by atoms with Crippen LogP contribution in [0.3, 0.4) is 0 Å². The molecule has 2 aromatic rings. The fourth-order valence-electron chi connectivity index (χ4n) is 3.49.